The molecular weight excluding hydrogens is 442 g/mol. The number of benzene rings is 1. The maximum absolute atomic E-state index is 12.6. The summed E-state index contributed by atoms with van der Waals surface area (Å²) in [6.45, 7) is 5.23. The summed E-state index contributed by atoms with van der Waals surface area (Å²) in [5.74, 6) is 2.15. The molecule has 0 spiro atoms. The van der Waals surface area contributed by atoms with Crippen molar-refractivity contribution in [3.63, 3.8) is 0 Å². The molecule has 1 atom stereocenters. The third-order valence-electron chi connectivity index (χ3n) is 5.43. The van der Waals surface area contributed by atoms with Crippen LogP contribution in [0.4, 0.5) is 5.00 Å². The number of rotatable bonds is 8. The van der Waals surface area contributed by atoms with E-state index in [9.17, 15) is 10.1 Å². The van der Waals surface area contributed by atoms with E-state index in [-0.39, 0.29) is 11.7 Å². The minimum Gasteiger partial charge on any atom is -0.486 e. The topological polar surface area (TPSA) is 92.8 Å². The van der Waals surface area contributed by atoms with Gasteiger partial charge in [0.05, 0.1) is 11.3 Å². The molecule has 0 bridgehead atoms. The predicted octanol–water partition coefficient (Wildman–Crippen LogP) is 4.67. The first-order valence-corrected chi connectivity index (χ1v) is 12.5. The van der Waals surface area contributed by atoms with Crippen LogP contribution in [0.3, 0.4) is 0 Å². The zero-order valence-electron chi connectivity index (χ0n) is 18.1. The molecule has 0 saturated heterocycles. The zero-order valence-corrected chi connectivity index (χ0v) is 19.8. The van der Waals surface area contributed by atoms with Crippen molar-refractivity contribution in [1.82, 2.24) is 14.8 Å². The molecule has 1 aliphatic carbocycles. The van der Waals surface area contributed by atoms with Crippen molar-refractivity contribution >= 4 is 34.0 Å². The van der Waals surface area contributed by atoms with Crippen LogP contribution in [0.15, 0.2) is 35.5 Å². The van der Waals surface area contributed by atoms with Gasteiger partial charge in [0.15, 0.2) is 11.0 Å². The van der Waals surface area contributed by atoms with Crippen LogP contribution >= 0.6 is 23.1 Å². The summed E-state index contributed by atoms with van der Waals surface area (Å²) >= 11 is 2.88. The Hall–Kier alpha value is -2.83. The molecule has 166 valence electrons. The van der Waals surface area contributed by atoms with Crippen molar-refractivity contribution in [3.8, 4) is 11.8 Å². The highest BCUT2D eigenvalue weighted by Gasteiger charge is 2.25. The molecule has 1 amide bonds. The molecule has 1 aromatic carbocycles. The lowest BCUT2D eigenvalue weighted by Crippen LogP contribution is -2.15. The molecule has 0 aliphatic heterocycles. The first-order chi connectivity index (χ1) is 15.6. The van der Waals surface area contributed by atoms with E-state index >= 15 is 0 Å². The lowest BCUT2D eigenvalue weighted by Gasteiger charge is -2.17. The first-order valence-electron chi connectivity index (χ1n) is 10.7. The molecule has 0 radical (unpaired) electrons. The molecule has 0 fully saturated rings. The average Bonchev–Trinajstić information content (AvgIpc) is 3.36. The quantitative estimate of drug-likeness (QED) is 0.484. The highest BCUT2D eigenvalue weighted by atomic mass is 32.2. The highest BCUT2D eigenvalue weighted by Crippen LogP contribution is 2.39. The Morgan fingerprint density at radius 1 is 1.38 bits per heavy atom. The van der Waals surface area contributed by atoms with Gasteiger partial charge in [-0.15, -0.1) is 21.5 Å². The summed E-state index contributed by atoms with van der Waals surface area (Å²) in [4.78, 5) is 13.9. The van der Waals surface area contributed by atoms with Crippen LogP contribution in [0, 0.1) is 17.2 Å². The lowest BCUT2D eigenvalue weighted by molar-refractivity contribution is -0.113. The fourth-order valence-corrected chi connectivity index (χ4v) is 5.96. The van der Waals surface area contributed by atoms with Crippen LogP contribution in [-0.2, 0) is 30.8 Å². The summed E-state index contributed by atoms with van der Waals surface area (Å²) in [5.41, 5.74) is 1.75. The summed E-state index contributed by atoms with van der Waals surface area (Å²) in [6, 6.07) is 11.9. The molecule has 1 N–H and O–H groups in total. The molecule has 32 heavy (non-hydrogen) atoms. The van der Waals surface area contributed by atoms with Gasteiger partial charge in [-0.1, -0.05) is 36.9 Å². The third-order valence-corrected chi connectivity index (χ3v) is 7.57. The number of anilines is 1. The fourth-order valence-electron chi connectivity index (χ4n) is 3.76. The van der Waals surface area contributed by atoms with Crippen LogP contribution in [0.5, 0.6) is 5.75 Å². The third kappa shape index (κ3) is 4.97. The van der Waals surface area contributed by atoms with Gasteiger partial charge in [0.2, 0.25) is 5.91 Å². The van der Waals surface area contributed by atoms with Gasteiger partial charge in [-0.2, -0.15) is 5.26 Å². The van der Waals surface area contributed by atoms with E-state index < -0.39 is 0 Å². The van der Waals surface area contributed by atoms with Gasteiger partial charge in [0.25, 0.3) is 0 Å². The van der Waals surface area contributed by atoms with Crippen LogP contribution in [0.2, 0.25) is 0 Å². The predicted molar refractivity (Wildman–Crippen MR) is 126 cm³/mol. The maximum atomic E-state index is 12.6. The fraction of sp³-hybridized carbons (Fsp3) is 0.391. The number of amides is 1. The number of aromatic nitrogens is 3. The SMILES string of the molecule is CCn1c(COc2ccccc2)nnc1SCC(=O)Nc1sc2c(c1C#N)CCC(C)C2. The Kier molecular flexibility index (Phi) is 7.12. The van der Waals surface area contributed by atoms with E-state index in [0.29, 0.717) is 40.6 Å². The number of carbonyl (C=O) groups excluding carboxylic acids is 1. The van der Waals surface area contributed by atoms with Gasteiger partial charge < -0.3 is 14.6 Å². The highest BCUT2D eigenvalue weighted by molar-refractivity contribution is 7.99. The van der Waals surface area contributed by atoms with Gasteiger partial charge >= 0.3 is 0 Å². The zero-order chi connectivity index (χ0) is 22.5. The van der Waals surface area contributed by atoms with Crippen LogP contribution in [-0.4, -0.2) is 26.4 Å². The normalized spacial score (nSPS) is 15.1. The van der Waals surface area contributed by atoms with Crippen molar-refractivity contribution in [2.24, 2.45) is 5.92 Å². The van der Waals surface area contributed by atoms with Gasteiger partial charge in [0, 0.05) is 11.4 Å². The van der Waals surface area contributed by atoms with Crippen LogP contribution in [0.1, 0.15) is 42.1 Å². The smallest absolute Gasteiger partial charge is 0.235 e. The minimum atomic E-state index is -0.147. The van der Waals surface area contributed by atoms with E-state index in [1.807, 2.05) is 41.8 Å². The number of carbonyl (C=O) groups is 1. The summed E-state index contributed by atoms with van der Waals surface area (Å²) in [5, 5.41) is 22.4. The number of nitrogens with zero attached hydrogens (tertiary/aromatic N) is 4. The van der Waals surface area contributed by atoms with Crippen LogP contribution in [0.25, 0.3) is 0 Å². The summed E-state index contributed by atoms with van der Waals surface area (Å²) < 4.78 is 7.74. The van der Waals surface area contributed by atoms with Crippen molar-refractivity contribution in [2.45, 2.75) is 51.4 Å². The van der Waals surface area contributed by atoms with Crippen molar-refractivity contribution in [2.75, 3.05) is 11.1 Å². The van der Waals surface area contributed by atoms with Gasteiger partial charge in [-0.3, -0.25) is 4.79 Å². The second-order valence-electron chi connectivity index (χ2n) is 7.75. The lowest BCUT2D eigenvalue weighted by atomic mass is 9.89. The minimum absolute atomic E-state index is 0.147. The molecule has 1 aliphatic rings. The van der Waals surface area contributed by atoms with E-state index in [1.54, 1.807) is 11.3 Å². The second kappa shape index (κ2) is 10.2. The van der Waals surface area contributed by atoms with Gasteiger partial charge in [-0.05, 0) is 49.8 Å². The molecule has 4 rings (SSSR count). The Labute approximate surface area is 195 Å². The largest absolute Gasteiger partial charge is 0.486 e. The molecule has 2 aromatic heterocycles. The van der Waals surface area contributed by atoms with Crippen molar-refractivity contribution in [1.29, 1.82) is 5.26 Å². The number of hydrogen-bond acceptors (Lipinski definition) is 7. The monoisotopic (exact) mass is 467 g/mol. The van der Waals surface area contributed by atoms with E-state index in [2.05, 4.69) is 28.5 Å². The number of thiophene rings is 1. The first kappa shape index (κ1) is 22.4. The second-order valence-corrected chi connectivity index (χ2v) is 9.80. The van der Waals surface area contributed by atoms with Crippen molar-refractivity contribution < 1.29 is 9.53 Å². The number of fused-ring (bicyclic) bond motifs is 1. The molecule has 3 aromatic rings. The molecule has 0 saturated carbocycles. The number of thioether (sulfide) groups is 1. The maximum Gasteiger partial charge on any atom is 0.235 e. The van der Waals surface area contributed by atoms with Crippen LogP contribution < -0.4 is 10.1 Å². The number of nitrogens with one attached hydrogen (secondary N) is 1. The molecule has 1 unspecified atom stereocenters. The standard InChI is InChI=1S/C23H25N5O2S2/c1-3-28-20(13-30-16-7-5-4-6-8-16)26-27-23(28)31-14-21(29)25-22-18(12-24)17-10-9-15(2)11-19(17)32-22/h4-8,15H,3,9-11,13-14H2,1-2H3,(H,25,29). The molecule has 7 nitrogen and oxygen atoms in total. The number of hydrogen-bond donors (Lipinski definition) is 1. The Morgan fingerprint density at radius 3 is 2.94 bits per heavy atom. The molecular formula is C23H25N5O2S2. The Morgan fingerprint density at radius 2 is 2.19 bits per heavy atom. The van der Waals surface area contributed by atoms with Gasteiger partial charge in [-0.25, -0.2) is 0 Å². The Bertz CT molecular complexity index is 1130. The van der Waals surface area contributed by atoms with E-state index in [0.717, 1.165) is 30.6 Å². The number of ether oxygens (including phenoxy) is 1. The summed E-state index contributed by atoms with van der Waals surface area (Å²) in [6.07, 6.45) is 2.98. The average molecular weight is 468 g/mol. The Balaban J connectivity index is 1.37. The number of nitriles is 1. The summed E-state index contributed by atoms with van der Waals surface area (Å²) in [7, 11) is 0. The van der Waals surface area contributed by atoms with Gasteiger partial charge in [0.1, 0.15) is 23.4 Å². The van der Waals surface area contributed by atoms with Crippen molar-refractivity contribution in [3.05, 3.63) is 52.2 Å². The van der Waals surface area contributed by atoms with E-state index in [4.69, 9.17) is 4.74 Å². The molecule has 9 heteroatoms. The van der Waals surface area contributed by atoms with E-state index in [1.165, 1.54) is 16.6 Å². The molecule has 2 heterocycles. The number of para-hydroxylation sites is 1.